The number of nitrogens with zero attached hydrogens (tertiary/aromatic N) is 1. The third-order valence-corrected chi connectivity index (χ3v) is 2.84. The highest BCUT2D eigenvalue weighted by atomic mass is 32.2. The summed E-state index contributed by atoms with van der Waals surface area (Å²) in [6.45, 7) is 5.52. The Labute approximate surface area is 79.2 Å². The lowest BCUT2D eigenvalue weighted by molar-refractivity contribution is 0.653. The second-order valence-corrected chi connectivity index (χ2v) is 4.10. The quantitative estimate of drug-likeness (QED) is 0.650. The van der Waals surface area contributed by atoms with Gasteiger partial charge >= 0.3 is 0 Å². The van der Waals surface area contributed by atoms with Crippen molar-refractivity contribution in [2.45, 2.75) is 26.8 Å². The second-order valence-electron chi connectivity index (χ2n) is 3.11. The summed E-state index contributed by atoms with van der Waals surface area (Å²) in [5, 5.41) is 0. The minimum Gasteiger partial charge on any atom is -0.349 e. The molecule has 0 aliphatic carbocycles. The number of thioether (sulfide) groups is 1. The number of aryl methyl sites for hydroxylation is 2. The Kier molecular flexibility index (Phi) is 3.73. The zero-order valence-corrected chi connectivity index (χ0v) is 8.95. The van der Waals surface area contributed by atoms with Crippen molar-refractivity contribution in [3.63, 3.8) is 0 Å². The van der Waals surface area contributed by atoms with Gasteiger partial charge in [0.25, 0.3) is 0 Å². The molecule has 0 atom stereocenters. The molecule has 1 nitrogen and oxygen atoms in total. The molecular formula is C10H17NS. The highest BCUT2D eigenvalue weighted by Crippen LogP contribution is 2.08. The molecule has 0 bridgehead atoms. The van der Waals surface area contributed by atoms with Crippen molar-refractivity contribution in [1.82, 2.24) is 4.57 Å². The molecule has 68 valence electrons. The maximum absolute atomic E-state index is 2.39. The van der Waals surface area contributed by atoms with Gasteiger partial charge in [-0.2, -0.15) is 11.8 Å². The first-order chi connectivity index (χ1) is 5.75. The first kappa shape index (κ1) is 9.72. The summed E-state index contributed by atoms with van der Waals surface area (Å²) < 4.78 is 2.39. The lowest BCUT2D eigenvalue weighted by atomic mass is 10.4. The van der Waals surface area contributed by atoms with E-state index in [1.165, 1.54) is 30.1 Å². The Bertz CT molecular complexity index is 220. The fourth-order valence-electron chi connectivity index (χ4n) is 1.42. The minimum atomic E-state index is 1.17. The van der Waals surface area contributed by atoms with Crippen LogP contribution in [0.15, 0.2) is 12.1 Å². The first-order valence-corrected chi connectivity index (χ1v) is 5.76. The molecule has 0 aliphatic heterocycles. The summed E-state index contributed by atoms with van der Waals surface area (Å²) in [7, 11) is 0. The maximum Gasteiger partial charge on any atom is 0.0232 e. The molecule has 12 heavy (non-hydrogen) atoms. The smallest absolute Gasteiger partial charge is 0.0232 e. The van der Waals surface area contributed by atoms with Crippen molar-refractivity contribution < 1.29 is 0 Å². The summed E-state index contributed by atoms with van der Waals surface area (Å²) in [5.74, 6) is 1.26. The topological polar surface area (TPSA) is 4.93 Å². The van der Waals surface area contributed by atoms with Crippen molar-refractivity contribution in [2.24, 2.45) is 0 Å². The average molecular weight is 183 g/mol. The number of hydrogen-bond acceptors (Lipinski definition) is 1. The van der Waals surface area contributed by atoms with Crippen LogP contribution in [-0.2, 0) is 6.54 Å². The van der Waals surface area contributed by atoms with Gasteiger partial charge in [0.2, 0.25) is 0 Å². The van der Waals surface area contributed by atoms with Gasteiger partial charge in [-0.1, -0.05) is 0 Å². The van der Waals surface area contributed by atoms with Crippen LogP contribution >= 0.6 is 11.8 Å². The van der Waals surface area contributed by atoms with E-state index in [1.54, 1.807) is 0 Å². The molecule has 0 aromatic carbocycles. The van der Waals surface area contributed by atoms with Gasteiger partial charge in [0.05, 0.1) is 0 Å². The van der Waals surface area contributed by atoms with Crippen molar-refractivity contribution >= 4 is 11.8 Å². The second kappa shape index (κ2) is 4.61. The van der Waals surface area contributed by atoms with E-state index in [9.17, 15) is 0 Å². The zero-order chi connectivity index (χ0) is 8.97. The molecule has 0 aliphatic rings. The van der Waals surface area contributed by atoms with Crippen molar-refractivity contribution in [2.75, 3.05) is 12.0 Å². The van der Waals surface area contributed by atoms with E-state index in [0.29, 0.717) is 0 Å². The molecule has 0 fully saturated rings. The fraction of sp³-hybridized carbons (Fsp3) is 0.600. The average Bonchev–Trinajstić information content (AvgIpc) is 2.35. The predicted molar refractivity (Wildman–Crippen MR) is 56.9 cm³/mol. The van der Waals surface area contributed by atoms with Crippen LogP contribution in [0, 0.1) is 13.8 Å². The third kappa shape index (κ3) is 2.31. The summed E-state index contributed by atoms with van der Waals surface area (Å²) in [5.41, 5.74) is 2.77. The standard InChI is InChI=1S/C10H17NS/c1-9-5-6-10(2)11(9)7-4-8-12-3/h5-6H,4,7-8H2,1-3H3. The van der Waals surface area contributed by atoms with E-state index in [1.807, 2.05) is 11.8 Å². The molecule has 1 aromatic heterocycles. The first-order valence-electron chi connectivity index (χ1n) is 4.37. The molecule has 0 unspecified atom stereocenters. The van der Waals surface area contributed by atoms with Crippen LogP contribution < -0.4 is 0 Å². The van der Waals surface area contributed by atoms with Gasteiger partial charge < -0.3 is 4.57 Å². The zero-order valence-electron chi connectivity index (χ0n) is 8.13. The Morgan fingerprint density at radius 1 is 1.25 bits per heavy atom. The van der Waals surface area contributed by atoms with Crippen LogP contribution in [0.25, 0.3) is 0 Å². The SMILES string of the molecule is CSCCCn1c(C)ccc1C. The maximum atomic E-state index is 2.39. The molecule has 1 heterocycles. The van der Waals surface area contributed by atoms with Crippen LogP contribution in [0.5, 0.6) is 0 Å². The van der Waals surface area contributed by atoms with E-state index >= 15 is 0 Å². The lowest BCUT2D eigenvalue weighted by Gasteiger charge is -2.07. The highest BCUT2D eigenvalue weighted by molar-refractivity contribution is 7.98. The van der Waals surface area contributed by atoms with E-state index in [4.69, 9.17) is 0 Å². The molecular weight excluding hydrogens is 166 g/mol. The van der Waals surface area contributed by atoms with Gasteiger partial charge in [-0.15, -0.1) is 0 Å². The Balaban J connectivity index is 2.50. The van der Waals surface area contributed by atoms with Crippen LogP contribution in [0.3, 0.4) is 0 Å². The third-order valence-electron chi connectivity index (χ3n) is 2.15. The summed E-state index contributed by atoms with van der Waals surface area (Å²) >= 11 is 1.92. The fourth-order valence-corrected chi connectivity index (χ4v) is 1.84. The molecule has 0 amide bonds. The Morgan fingerprint density at radius 2 is 1.83 bits per heavy atom. The van der Waals surface area contributed by atoms with Crippen LogP contribution in [-0.4, -0.2) is 16.6 Å². The van der Waals surface area contributed by atoms with E-state index < -0.39 is 0 Å². The van der Waals surface area contributed by atoms with Gasteiger partial charge in [0.1, 0.15) is 0 Å². The lowest BCUT2D eigenvalue weighted by Crippen LogP contribution is -2.02. The number of aromatic nitrogens is 1. The van der Waals surface area contributed by atoms with Crippen molar-refractivity contribution in [3.8, 4) is 0 Å². The normalized spacial score (nSPS) is 10.6. The summed E-state index contributed by atoms with van der Waals surface area (Å²) in [6, 6.07) is 4.38. The molecule has 0 radical (unpaired) electrons. The van der Waals surface area contributed by atoms with E-state index in [0.717, 1.165) is 0 Å². The molecule has 2 heteroatoms. The number of hydrogen-bond donors (Lipinski definition) is 0. The predicted octanol–water partition coefficient (Wildman–Crippen LogP) is 2.86. The van der Waals surface area contributed by atoms with Gasteiger partial charge in [-0.05, 0) is 44.4 Å². The molecule has 0 saturated carbocycles. The van der Waals surface area contributed by atoms with Crippen molar-refractivity contribution in [3.05, 3.63) is 23.5 Å². The highest BCUT2D eigenvalue weighted by Gasteiger charge is 1.98. The van der Waals surface area contributed by atoms with E-state index in [2.05, 4.69) is 36.8 Å². The Morgan fingerprint density at radius 3 is 2.33 bits per heavy atom. The molecule has 1 rings (SSSR count). The van der Waals surface area contributed by atoms with Crippen LogP contribution in [0.2, 0.25) is 0 Å². The van der Waals surface area contributed by atoms with Gasteiger partial charge in [-0.3, -0.25) is 0 Å². The molecule has 0 N–H and O–H groups in total. The van der Waals surface area contributed by atoms with Crippen LogP contribution in [0.1, 0.15) is 17.8 Å². The van der Waals surface area contributed by atoms with Gasteiger partial charge in [-0.25, -0.2) is 0 Å². The van der Waals surface area contributed by atoms with Crippen LogP contribution in [0.4, 0.5) is 0 Å². The summed E-state index contributed by atoms with van der Waals surface area (Å²) in [4.78, 5) is 0. The molecule has 1 aromatic rings. The molecule has 0 saturated heterocycles. The summed E-state index contributed by atoms with van der Waals surface area (Å²) in [6.07, 6.45) is 3.44. The van der Waals surface area contributed by atoms with Gasteiger partial charge in [0.15, 0.2) is 0 Å². The minimum absolute atomic E-state index is 1.17. The Hall–Kier alpha value is -0.370. The van der Waals surface area contributed by atoms with E-state index in [-0.39, 0.29) is 0 Å². The monoisotopic (exact) mass is 183 g/mol. The molecule has 0 spiro atoms. The largest absolute Gasteiger partial charge is 0.349 e. The van der Waals surface area contributed by atoms with Crippen molar-refractivity contribution in [1.29, 1.82) is 0 Å². The number of rotatable bonds is 4. The van der Waals surface area contributed by atoms with Gasteiger partial charge in [0, 0.05) is 17.9 Å².